The molecule has 0 aliphatic heterocycles. The SMILES string of the molecule is O=C(N[C@@H](c1ccccc1)C(Cl)Cl)c1ccccc1Cl. The number of nitrogens with one attached hydrogen (secondary N) is 1. The van der Waals surface area contributed by atoms with Gasteiger partial charge in [-0.25, -0.2) is 0 Å². The molecule has 1 amide bonds. The summed E-state index contributed by atoms with van der Waals surface area (Å²) in [5.74, 6) is -0.309. The van der Waals surface area contributed by atoms with Crippen LogP contribution in [0, 0.1) is 0 Å². The number of carbonyl (C=O) groups excluding carboxylic acids is 1. The molecule has 0 bridgehead atoms. The summed E-state index contributed by atoms with van der Waals surface area (Å²) in [6.45, 7) is 0. The Labute approximate surface area is 132 Å². The van der Waals surface area contributed by atoms with Crippen LogP contribution in [0.3, 0.4) is 0 Å². The molecule has 0 aliphatic carbocycles. The summed E-state index contributed by atoms with van der Waals surface area (Å²) in [5, 5.41) is 3.19. The summed E-state index contributed by atoms with van der Waals surface area (Å²) >= 11 is 17.9. The van der Waals surface area contributed by atoms with Crippen LogP contribution in [0.15, 0.2) is 54.6 Å². The minimum absolute atomic E-state index is 0.309. The highest BCUT2D eigenvalue weighted by molar-refractivity contribution is 6.44. The van der Waals surface area contributed by atoms with Gasteiger partial charge in [-0.05, 0) is 17.7 Å². The summed E-state index contributed by atoms with van der Waals surface area (Å²) in [6, 6.07) is 15.6. The van der Waals surface area contributed by atoms with Crippen molar-refractivity contribution in [2.24, 2.45) is 0 Å². The van der Waals surface area contributed by atoms with E-state index in [0.717, 1.165) is 5.56 Å². The summed E-state index contributed by atoms with van der Waals surface area (Å²) in [7, 11) is 0. The Kier molecular flexibility index (Phi) is 5.30. The maximum atomic E-state index is 12.2. The van der Waals surface area contributed by atoms with Gasteiger partial charge in [0.2, 0.25) is 0 Å². The molecule has 5 heteroatoms. The maximum Gasteiger partial charge on any atom is 0.253 e. The largest absolute Gasteiger partial charge is 0.342 e. The highest BCUT2D eigenvalue weighted by Gasteiger charge is 2.22. The second kappa shape index (κ2) is 6.98. The van der Waals surface area contributed by atoms with E-state index in [1.165, 1.54) is 0 Å². The van der Waals surface area contributed by atoms with E-state index in [0.29, 0.717) is 10.6 Å². The molecule has 2 nitrogen and oxygen atoms in total. The van der Waals surface area contributed by atoms with Crippen molar-refractivity contribution < 1.29 is 4.79 Å². The van der Waals surface area contributed by atoms with Crippen molar-refractivity contribution in [1.29, 1.82) is 0 Å². The first-order chi connectivity index (χ1) is 9.59. The Bertz CT molecular complexity index is 587. The third kappa shape index (κ3) is 3.66. The molecule has 0 saturated carbocycles. The zero-order chi connectivity index (χ0) is 14.5. The van der Waals surface area contributed by atoms with Gasteiger partial charge in [0, 0.05) is 0 Å². The Morgan fingerprint density at radius 2 is 1.55 bits per heavy atom. The molecule has 1 N–H and O–H groups in total. The first kappa shape index (κ1) is 15.2. The molecule has 2 aromatic rings. The summed E-state index contributed by atoms with van der Waals surface area (Å²) in [4.78, 5) is 11.5. The molecule has 0 unspecified atom stereocenters. The van der Waals surface area contributed by atoms with Crippen molar-refractivity contribution in [2.75, 3.05) is 0 Å². The van der Waals surface area contributed by atoms with Crippen LogP contribution in [0.25, 0.3) is 0 Å². The minimum atomic E-state index is -0.760. The molecule has 0 heterocycles. The Morgan fingerprint density at radius 1 is 0.950 bits per heavy atom. The predicted molar refractivity (Wildman–Crippen MR) is 83.6 cm³/mol. The molecule has 2 rings (SSSR count). The third-order valence-corrected chi connectivity index (χ3v) is 3.65. The first-order valence-electron chi connectivity index (χ1n) is 5.98. The molecule has 20 heavy (non-hydrogen) atoms. The van der Waals surface area contributed by atoms with E-state index in [1.54, 1.807) is 24.3 Å². The van der Waals surface area contributed by atoms with E-state index in [9.17, 15) is 4.79 Å². The lowest BCUT2D eigenvalue weighted by atomic mass is 10.1. The standard InChI is InChI=1S/C15H12Cl3NO/c16-12-9-5-4-8-11(12)15(20)19-13(14(17)18)10-6-2-1-3-7-10/h1-9,13-14H,(H,19,20)/t13-/m0/s1. The van der Waals surface area contributed by atoms with E-state index < -0.39 is 10.9 Å². The number of halogens is 3. The van der Waals surface area contributed by atoms with E-state index in [2.05, 4.69) is 5.32 Å². The van der Waals surface area contributed by atoms with Crippen molar-refractivity contribution in [2.45, 2.75) is 10.9 Å². The molecule has 0 saturated heterocycles. The fourth-order valence-electron chi connectivity index (χ4n) is 1.82. The third-order valence-electron chi connectivity index (χ3n) is 2.82. The molecule has 0 aliphatic rings. The number of hydrogen-bond acceptors (Lipinski definition) is 1. The Hall–Kier alpha value is -1.22. The Balaban J connectivity index is 2.22. The molecule has 1 atom stereocenters. The van der Waals surface area contributed by atoms with Gasteiger partial charge >= 0.3 is 0 Å². The number of carbonyl (C=O) groups is 1. The lowest BCUT2D eigenvalue weighted by Gasteiger charge is -2.20. The fourth-order valence-corrected chi connectivity index (χ4v) is 2.46. The van der Waals surface area contributed by atoms with Gasteiger partial charge in [-0.1, -0.05) is 54.1 Å². The van der Waals surface area contributed by atoms with Gasteiger partial charge in [0.1, 0.15) is 4.84 Å². The molecule has 104 valence electrons. The van der Waals surface area contributed by atoms with Gasteiger partial charge in [0.25, 0.3) is 5.91 Å². The summed E-state index contributed by atoms with van der Waals surface area (Å²) in [6.07, 6.45) is 0. The van der Waals surface area contributed by atoms with Crippen LogP contribution >= 0.6 is 34.8 Å². The van der Waals surface area contributed by atoms with Crippen molar-refractivity contribution in [3.63, 3.8) is 0 Å². The van der Waals surface area contributed by atoms with Gasteiger partial charge in [-0.3, -0.25) is 4.79 Å². The molecule has 2 aromatic carbocycles. The lowest BCUT2D eigenvalue weighted by molar-refractivity contribution is 0.0939. The topological polar surface area (TPSA) is 29.1 Å². The molecule has 0 aromatic heterocycles. The van der Waals surface area contributed by atoms with E-state index >= 15 is 0 Å². The number of amides is 1. The van der Waals surface area contributed by atoms with Gasteiger partial charge in [0.05, 0.1) is 16.6 Å². The lowest BCUT2D eigenvalue weighted by Crippen LogP contribution is -2.32. The highest BCUT2D eigenvalue weighted by Crippen LogP contribution is 2.25. The molecular formula is C15H12Cl3NO. The zero-order valence-electron chi connectivity index (χ0n) is 10.4. The van der Waals surface area contributed by atoms with Crippen molar-refractivity contribution in [3.8, 4) is 0 Å². The average Bonchev–Trinajstić information content (AvgIpc) is 2.45. The first-order valence-corrected chi connectivity index (χ1v) is 7.23. The highest BCUT2D eigenvalue weighted by atomic mass is 35.5. The molecular weight excluding hydrogens is 317 g/mol. The van der Waals surface area contributed by atoms with Crippen molar-refractivity contribution >= 4 is 40.7 Å². The molecule has 0 radical (unpaired) electrons. The van der Waals surface area contributed by atoms with Gasteiger partial charge in [0.15, 0.2) is 0 Å². The predicted octanol–water partition coefficient (Wildman–Crippen LogP) is 4.61. The second-order valence-electron chi connectivity index (χ2n) is 4.18. The average molecular weight is 329 g/mol. The quantitative estimate of drug-likeness (QED) is 0.816. The van der Waals surface area contributed by atoms with Crippen LogP contribution in [0.1, 0.15) is 22.0 Å². The number of benzene rings is 2. The van der Waals surface area contributed by atoms with E-state index in [4.69, 9.17) is 34.8 Å². The second-order valence-corrected chi connectivity index (χ2v) is 5.75. The Morgan fingerprint density at radius 3 is 2.15 bits per heavy atom. The maximum absolute atomic E-state index is 12.2. The summed E-state index contributed by atoms with van der Waals surface area (Å²) < 4.78 is 0. The number of rotatable bonds is 4. The van der Waals surface area contributed by atoms with Gasteiger partial charge < -0.3 is 5.32 Å². The van der Waals surface area contributed by atoms with E-state index in [1.807, 2.05) is 30.3 Å². The molecule has 0 spiro atoms. The van der Waals surface area contributed by atoms with Crippen LogP contribution in [0.2, 0.25) is 5.02 Å². The smallest absolute Gasteiger partial charge is 0.253 e. The zero-order valence-corrected chi connectivity index (χ0v) is 12.7. The van der Waals surface area contributed by atoms with Crippen LogP contribution in [-0.2, 0) is 0 Å². The molecule has 0 fully saturated rings. The fraction of sp³-hybridized carbons (Fsp3) is 0.133. The van der Waals surface area contributed by atoms with Crippen molar-refractivity contribution in [1.82, 2.24) is 5.32 Å². The number of hydrogen-bond donors (Lipinski definition) is 1. The normalized spacial score (nSPS) is 12.2. The van der Waals surface area contributed by atoms with Crippen LogP contribution in [0.5, 0.6) is 0 Å². The van der Waals surface area contributed by atoms with Gasteiger partial charge in [-0.15, -0.1) is 23.2 Å². The monoisotopic (exact) mass is 327 g/mol. The minimum Gasteiger partial charge on any atom is -0.342 e. The van der Waals surface area contributed by atoms with Crippen LogP contribution in [0.4, 0.5) is 0 Å². The van der Waals surface area contributed by atoms with E-state index in [-0.39, 0.29) is 5.91 Å². The van der Waals surface area contributed by atoms with Gasteiger partial charge in [-0.2, -0.15) is 0 Å². The van der Waals surface area contributed by atoms with Crippen molar-refractivity contribution in [3.05, 3.63) is 70.7 Å². The number of alkyl halides is 2. The van der Waals surface area contributed by atoms with Crippen LogP contribution < -0.4 is 5.32 Å². The van der Waals surface area contributed by atoms with Crippen LogP contribution in [-0.4, -0.2) is 10.7 Å². The summed E-state index contributed by atoms with van der Waals surface area (Å²) in [5.41, 5.74) is 1.23.